The van der Waals surface area contributed by atoms with Gasteiger partial charge in [0.1, 0.15) is 0 Å². The summed E-state index contributed by atoms with van der Waals surface area (Å²) in [7, 11) is 0. The van der Waals surface area contributed by atoms with E-state index < -0.39 is 5.97 Å². The van der Waals surface area contributed by atoms with Crippen LogP contribution >= 0.6 is 0 Å². The predicted molar refractivity (Wildman–Crippen MR) is 70.0 cm³/mol. The minimum Gasteiger partial charge on any atom is -0.481 e. The molecule has 0 aromatic heterocycles. The molecule has 0 saturated heterocycles. The van der Waals surface area contributed by atoms with E-state index in [0.29, 0.717) is 5.92 Å². The zero-order valence-corrected chi connectivity index (χ0v) is 10.7. The van der Waals surface area contributed by atoms with Crippen LogP contribution in [-0.2, 0) is 11.2 Å². The van der Waals surface area contributed by atoms with Gasteiger partial charge in [-0.15, -0.1) is 0 Å². The molecule has 1 aromatic carbocycles. The van der Waals surface area contributed by atoms with Crippen LogP contribution in [0.4, 0.5) is 0 Å². The van der Waals surface area contributed by atoms with E-state index in [2.05, 4.69) is 31.2 Å². The van der Waals surface area contributed by atoms with Crippen LogP contribution < -0.4 is 0 Å². The first-order chi connectivity index (χ1) is 8.08. The molecule has 2 nitrogen and oxygen atoms in total. The Kier molecular flexibility index (Phi) is 5.75. The molecule has 0 aliphatic heterocycles. The van der Waals surface area contributed by atoms with Gasteiger partial charge in [0.15, 0.2) is 0 Å². The van der Waals surface area contributed by atoms with E-state index in [0.717, 1.165) is 19.3 Å². The zero-order valence-electron chi connectivity index (χ0n) is 10.7. The second-order valence-electron chi connectivity index (χ2n) is 5.08. The highest BCUT2D eigenvalue weighted by Gasteiger charge is 2.10. The number of hydrogen-bond donors (Lipinski definition) is 1. The molecule has 2 heteroatoms. The fourth-order valence-electron chi connectivity index (χ4n) is 2.09. The van der Waals surface area contributed by atoms with Crippen molar-refractivity contribution in [1.82, 2.24) is 0 Å². The van der Waals surface area contributed by atoms with Gasteiger partial charge in [0.2, 0.25) is 0 Å². The Bertz CT molecular complexity index is 332. The van der Waals surface area contributed by atoms with Crippen LogP contribution in [0.15, 0.2) is 30.3 Å². The molecular formula is C15H22O2. The Labute approximate surface area is 104 Å². The molecule has 0 radical (unpaired) electrons. The van der Waals surface area contributed by atoms with Gasteiger partial charge in [0.25, 0.3) is 0 Å². The summed E-state index contributed by atoms with van der Waals surface area (Å²) in [6.45, 7) is 4.25. The molecule has 0 amide bonds. The molecule has 2 unspecified atom stereocenters. The van der Waals surface area contributed by atoms with Crippen LogP contribution in [0.3, 0.4) is 0 Å². The van der Waals surface area contributed by atoms with Crippen molar-refractivity contribution in [2.24, 2.45) is 11.8 Å². The van der Waals surface area contributed by atoms with Gasteiger partial charge in [-0.25, -0.2) is 0 Å². The molecule has 0 bridgehead atoms. The van der Waals surface area contributed by atoms with Gasteiger partial charge in [0.05, 0.1) is 0 Å². The molecule has 0 saturated carbocycles. The van der Waals surface area contributed by atoms with E-state index in [1.165, 1.54) is 5.56 Å². The fraction of sp³-hybridized carbons (Fsp3) is 0.533. The quantitative estimate of drug-likeness (QED) is 0.780. The predicted octanol–water partition coefficient (Wildman–Crippen LogP) is 3.76. The lowest BCUT2D eigenvalue weighted by atomic mass is 9.92. The Morgan fingerprint density at radius 3 is 2.29 bits per heavy atom. The van der Waals surface area contributed by atoms with Gasteiger partial charge < -0.3 is 5.11 Å². The summed E-state index contributed by atoms with van der Waals surface area (Å²) in [4.78, 5) is 10.5. The average Bonchev–Trinajstić information content (AvgIpc) is 2.27. The minimum atomic E-state index is -0.687. The molecule has 0 aliphatic carbocycles. The van der Waals surface area contributed by atoms with Gasteiger partial charge in [0, 0.05) is 6.42 Å². The minimum absolute atomic E-state index is 0.283. The monoisotopic (exact) mass is 234 g/mol. The highest BCUT2D eigenvalue weighted by molar-refractivity contribution is 5.66. The fourth-order valence-corrected chi connectivity index (χ4v) is 2.09. The van der Waals surface area contributed by atoms with Gasteiger partial charge in [-0.1, -0.05) is 50.6 Å². The number of carboxylic acid groups (broad SMARTS) is 1. The van der Waals surface area contributed by atoms with Gasteiger partial charge >= 0.3 is 5.97 Å². The number of carboxylic acids is 1. The third-order valence-electron chi connectivity index (χ3n) is 3.10. The lowest BCUT2D eigenvalue weighted by Gasteiger charge is -2.14. The second kappa shape index (κ2) is 7.10. The molecule has 17 heavy (non-hydrogen) atoms. The molecular weight excluding hydrogens is 212 g/mol. The number of hydrogen-bond acceptors (Lipinski definition) is 1. The van der Waals surface area contributed by atoms with Crippen molar-refractivity contribution in [2.45, 2.75) is 39.5 Å². The molecule has 1 aromatic rings. The maximum Gasteiger partial charge on any atom is 0.303 e. The topological polar surface area (TPSA) is 37.3 Å². The zero-order chi connectivity index (χ0) is 12.7. The Morgan fingerprint density at radius 1 is 1.12 bits per heavy atom. The van der Waals surface area contributed by atoms with Crippen molar-refractivity contribution in [2.75, 3.05) is 0 Å². The molecule has 0 spiro atoms. The first-order valence-corrected chi connectivity index (χ1v) is 6.33. The molecule has 1 rings (SSSR count). The van der Waals surface area contributed by atoms with Crippen molar-refractivity contribution in [3.8, 4) is 0 Å². The van der Waals surface area contributed by atoms with Crippen LogP contribution in [0, 0.1) is 11.8 Å². The normalized spacial score (nSPS) is 14.2. The summed E-state index contributed by atoms with van der Waals surface area (Å²) in [5.41, 5.74) is 1.37. The first kappa shape index (κ1) is 13.8. The standard InChI is InChI=1S/C15H22O2/c1-12(8-9-13(2)11-15(16)17)10-14-6-4-3-5-7-14/h3-7,12-13H,8-11H2,1-2H3,(H,16,17). The van der Waals surface area contributed by atoms with Crippen LogP contribution in [0.25, 0.3) is 0 Å². The smallest absolute Gasteiger partial charge is 0.303 e. The Morgan fingerprint density at radius 2 is 1.71 bits per heavy atom. The van der Waals surface area contributed by atoms with E-state index in [4.69, 9.17) is 5.11 Å². The van der Waals surface area contributed by atoms with Gasteiger partial charge in [-0.2, -0.15) is 0 Å². The largest absolute Gasteiger partial charge is 0.481 e. The summed E-state index contributed by atoms with van der Waals surface area (Å²) in [5.74, 6) is 0.215. The van der Waals surface area contributed by atoms with E-state index in [1.54, 1.807) is 0 Å². The number of carbonyl (C=O) groups is 1. The SMILES string of the molecule is CC(CCC(C)Cc1ccccc1)CC(=O)O. The molecule has 94 valence electrons. The number of aliphatic carboxylic acids is 1. The first-order valence-electron chi connectivity index (χ1n) is 6.33. The maximum absolute atomic E-state index is 10.5. The van der Waals surface area contributed by atoms with E-state index in [9.17, 15) is 4.79 Å². The summed E-state index contributed by atoms with van der Waals surface area (Å²) in [5, 5.41) is 8.68. The lowest BCUT2D eigenvalue weighted by molar-refractivity contribution is -0.138. The summed E-state index contributed by atoms with van der Waals surface area (Å²) in [6, 6.07) is 10.5. The highest BCUT2D eigenvalue weighted by Crippen LogP contribution is 2.18. The van der Waals surface area contributed by atoms with E-state index in [1.807, 2.05) is 13.0 Å². The third kappa shape index (κ3) is 6.10. The van der Waals surface area contributed by atoms with Crippen molar-refractivity contribution in [3.05, 3.63) is 35.9 Å². The van der Waals surface area contributed by atoms with Crippen LogP contribution in [0.2, 0.25) is 0 Å². The van der Waals surface area contributed by atoms with Gasteiger partial charge in [-0.05, 0) is 30.2 Å². The maximum atomic E-state index is 10.5. The molecule has 2 atom stereocenters. The number of benzene rings is 1. The Hall–Kier alpha value is -1.31. The van der Waals surface area contributed by atoms with E-state index in [-0.39, 0.29) is 12.3 Å². The molecule has 0 aliphatic rings. The molecule has 1 N–H and O–H groups in total. The van der Waals surface area contributed by atoms with Crippen molar-refractivity contribution < 1.29 is 9.90 Å². The van der Waals surface area contributed by atoms with E-state index >= 15 is 0 Å². The third-order valence-corrected chi connectivity index (χ3v) is 3.10. The number of rotatable bonds is 7. The lowest BCUT2D eigenvalue weighted by Crippen LogP contribution is -2.07. The van der Waals surface area contributed by atoms with Gasteiger partial charge in [-0.3, -0.25) is 4.79 Å². The second-order valence-corrected chi connectivity index (χ2v) is 5.08. The van der Waals surface area contributed by atoms with Crippen molar-refractivity contribution in [3.63, 3.8) is 0 Å². The Balaban J connectivity index is 2.26. The highest BCUT2D eigenvalue weighted by atomic mass is 16.4. The van der Waals surface area contributed by atoms with Crippen LogP contribution in [0.5, 0.6) is 0 Å². The van der Waals surface area contributed by atoms with Crippen LogP contribution in [-0.4, -0.2) is 11.1 Å². The van der Waals surface area contributed by atoms with Crippen molar-refractivity contribution >= 4 is 5.97 Å². The molecule has 0 fully saturated rings. The van der Waals surface area contributed by atoms with Crippen molar-refractivity contribution in [1.29, 1.82) is 0 Å². The van der Waals surface area contributed by atoms with Crippen LogP contribution in [0.1, 0.15) is 38.7 Å². The summed E-state index contributed by atoms with van der Waals surface area (Å²) >= 11 is 0. The average molecular weight is 234 g/mol. The summed E-state index contributed by atoms with van der Waals surface area (Å²) < 4.78 is 0. The summed E-state index contributed by atoms with van der Waals surface area (Å²) in [6.07, 6.45) is 3.47. The molecule has 0 heterocycles.